The Morgan fingerprint density at radius 1 is 1.08 bits per heavy atom. The highest BCUT2D eigenvalue weighted by Crippen LogP contribution is 2.16. The van der Waals surface area contributed by atoms with Crippen LogP contribution in [0.25, 0.3) is 0 Å². The average Bonchev–Trinajstić information content (AvgIpc) is 2.65. The fourth-order valence-electron chi connectivity index (χ4n) is 2.24. The minimum atomic E-state index is -0.554. The Kier molecular flexibility index (Phi) is 7.48. The van der Waals surface area contributed by atoms with E-state index in [0.29, 0.717) is 22.9 Å². The summed E-state index contributed by atoms with van der Waals surface area (Å²) in [6, 6.07) is 13.6. The van der Waals surface area contributed by atoms with Crippen molar-refractivity contribution in [2.24, 2.45) is 0 Å². The second kappa shape index (κ2) is 9.82. The van der Waals surface area contributed by atoms with E-state index >= 15 is 0 Å². The molecule has 2 aromatic rings. The molecule has 0 saturated carbocycles. The summed E-state index contributed by atoms with van der Waals surface area (Å²) in [7, 11) is 0. The molecule has 0 aliphatic heterocycles. The van der Waals surface area contributed by atoms with Gasteiger partial charge in [-0.15, -0.1) is 0 Å². The minimum absolute atomic E-state index is 0.214. The van der Waals surface area contributed by atoms with Crippen LogP contribution in [0.1, 0.15) is 42.2 Å². The molecule has 2 aromatic carbocycles. The molecule has 0 aliphatic carbocycles. The maximum atomic E-state index is 12.0. The standard InChI is InChI=1S/C20H22ClNO4/c1-3-12-25-18-10-6-16(7-11-18)20(24)26-13-19(23)22-14(2)15-4-8-17(21)9-5-15/h4-11,14H,3,12-13H2,1-2H3,(H,22,23)/t14-/m0/s1. The number of ether oxygens (including phenoxy) is 2. The van der Waals surface area contributed by atoms with Gasteiger partial charge in [0, 0.05) is 5.02 Å². The molecule has 1 atom stereocenters. The number of esters is 1. The van der Waals surface area contributed by atoms with Gasteiger partial charge >= 0.3 is 5.97 Å². The minimum Gasteiger partial charge on any atom is -0.494 e. The van der Waals surface area contributed by atoms with Crippen molar-refractivity contribution in [1.82, 2.24) is 5.32 Å². The molecule has 0 aliphatic rings. The lowest BCUT2D eigenvalue weighted by molar-refractivity contribution is -0.124. The van der Waals surface area contributed by atoms with E-state index in [9.17, 15) is 9.59 Å². The van der Waals surface area contributed by atoms with E-state index in [1.165, 1.54) is 0 Å². The molecule has 0 unspecified atom stereocenters. The predicted octanol–water partition coefficient (Wildman–Crippen LogP) is 4.16. The van der Waals surface area contributed by atoms with E-state index < -0.39 is 5.97 Å². The molecule has 5 nitrogen and oxygen atoms in total. The SMILES string of the molecule is CCCOc1ccc(C(=O)OCC(=O)N[C@@H](C)c2ccc(Cl)cc2)cc1. The molecule has 26 heavy (non-hydrogen) atoms. The highest BCUT2D eigenvalue weighted by atomic mass is 35.5. The van der Waals surface area contributed by atoms with Crippen LogP contribution in [0.2, 0.25) is 5.02 Å². The van der Waals surface area contributed by atoms with E-state index in [-0.39, 0.29) is 18.6 Å². The first kappa shape index (κ1) is 19.8. The van der Waals surface area contributed by atoms with Crippen molar-refractivity contribution < 1.29 is 19.1 Å². The van der Waals surface area contributed by atoms with E-state index in [1.54, 1.807) is 36.4 Å². The Labute approximate surface area is 158 Å². The third-order valence-corrected chi connectivity index (χ3v) is 3.90. The molecule has 0 saturated heterocycles. The maximum Gasteiger partial charge on any atom is 0.338 e. The number of benzene rings is 2. The van der Waals surface area contributed by atoms with Crippen molar-refractivity contribution in [2.75, 3.05) is 13.2 Å². The van der Waals surface area contributed by atoms with Gasteiger partial charge in [-0.05, 0) is 55.3 Å². The molecule has 0 spiro atoms. The second-order valence-electron chi connectivity index (χ2n) is 5.79. The Hall–Kier alpha value is -2.53. The summed E-state index contributed by atoms with van der Waals surface area (Å²) in [6.07, 6.45) is 0.910. The Morgan fingerprint density at radius 3 is 2.35 bits per heavy atom. The number of carbonyl (C=O) groups is 2. The molecule has 0 bridgehead atoms. The van der Waals surface area contributed by atoms with Crippen molar-refractivity contribution in [1.29, 1.82) is 0 Å². The summed E-state index contributed by atoms with van der Waals surface area (Å²) >= 11 is 5.85. The van der Waals surface area contributed by atoms with Crippen LogP contribution >= 0.6 is 11.6 Å². The van der Waals surface area contributed by atoms with Gasteiger partial charge in [0.2, 0.25) is 0 Å². The first-order valence-corrected chi connectivity index (χ1v) is 8.82. The molecule has 0 fully saturated rings. The first-order valence-electron chi connectivity index (χ1n) is 8.44. The monoisotopic (exact) mass is 375 g/mol. The van der Waals surface area contributed by atoms with Gasteiger partial charge in [0.25, 0.3) is 5.91 Å². The Balaban J connectivity index is 1.80. The van der Waals surface area contributed by atoms with E-state index in [2.05, 4.69) is 5.32 Å². The normalized spacial score (nSPS) is 11.5. The van der Waals surface area contributed by atoms with Gasteiger partial charge in [0.1, 0.15) is 5.75 Å². The summed E-state index contributed by atoms with van der Waals surface area (Å²) in [5.74, 6) is -0.233. The molecule has 0 aromatic heterocycles. The zero-order chi connectivity index (χ0) is 18.9. The number of rotatable bonds is 8. The van der Waals surface area contributed by atoms with Crippen LogP contribution in [-0.2, 0) is 9.53 Å². The van der Waals surface area contributed by atoms with Crippen LogP contribution < -0.4 is 10.1 Å². The van der Waals surface area contributed by atoms with Gasteiger partial charge < -0.3 is 14.8 Å². The van der Waals surface area contributed by atoms with E-state index in [0.717, 1.165) is 12.0 Å². The number of amides is 1. The molecular formula is C20H22ClNO4. The zero-order valence-corrected chi connectivity index (χ0v) is 15.6. The number of halogens is 1. The molecule has 138 valence electrons. The predicted molar refractivity (Wildman–Crippen MR) is 101 cm³/mol. The zero-order valence-electron chi connectivity index (χ0n) is 14.8. The van der Waals surface area contributed by atoms with Crippen molar-refractivity contribution in [2.45, 2.75) is 26.3 Å². The number of hydrogen-bond acceptors (Lipinski definition) is 4. The van der Waals surface area contributed by atoms with Crippen LogP contribution in [0.4, 0.5) is 0 Å². The lowest BCUT2D eigenvalue weighted by Crippen LogP contribution is -2.31. The topological polar surface area (TPSA) is 64.6 Å². The fourth-order valence-corrected chi connectivity index (χ4v) is 2.37. The quantitative estimate of drug-likeness (QED) is 0.703. The van der Waals surface area contributed by atoms with Crippen molar-refractivity contribution in [3.8, 4) is 5.75 Å². The fraction of sp³-hybridized carbons (Fsp3) is 0.300. The Bertz CT molecular complexity index is 728. The number of carbonyl (C=O) groups excluding carboxylic acids is 2. The highest BCUT2D eigenvalue weighted by molar-refractivity contribution is 6.30. The number of hydrogen-bond donors (Lipinski definition) is 1. The van der Waals surface area contributed by atoms with E-state index in [1.807, 2.05) is 26.0 Å². The van der Waals surface area contributed by atoms with Crippen molar-refractivity contribution in [3.63, 3.8) is 0 Å². The molecule has 6 heteroatoms. The molecule has 0 radical (unpaired) electrons. The van der Waals surface area contributed by atoms with Gasteiger partial charge in [0.15, 0.2) is 6.61 Å². The summed E-state index contributed by atoms with van der Waals surface area (Å²) < 4.78 is 10.5. The van der Waals surface area contributed by atoms with Crippen LogP contribution in [-0.4, -0.2) is 25.1 Å². The molecule has 2 rings (SSSR count). The Morgan fingerprint density at radius 2 is 1.73 bits per heavy atom. The van der Waals surface area contributed by atoms with E-state index in [4.69, 9.17) is 21.1 Å². The molecule has 1 amide bonds. The van der Waals surface area contributed by atoms with Gasteiger partial charge in [0.05, 0.1) is 18.2 Å². The summed E-state index contributed by atoms with van der Waals surface area (Å²) in [6.45, 7) is 4.14. The van der Waals surface area contributed by atoms with Gasteiger partial charge in [-0.25, -0.2) is 4.79 Å². The van der Waals surface area contributed by atoms with Crippen LogP contribution in [0, 0.1) is 0 Å². The summed E-state index contributed by atoms with van der Waals surface area (Å²) in [5.41, 5.74) is 1.28. The molecule has 0 heterocycles. The third-order valence-electron chi connectivity index (χ3n) is 3.64. The largest absolute Gasteiger partial charge is 0.494 e. The lowest BCUT2D eigenvalue weighted by atomic mass is 10.1. The van der Waals surface area contributed by atoms with Crippen LogP contribution in [0.5, 0.6) is 5.75 Å². The molecule has 1 N–H and O–H groups in total. The number of nitrogens with one attached hydrogen (secondary N) is 1. The lowest BCUT2D eigenvalue weighted by Gasteiger charge is -2.14. The smallest absolute Gasteiger partial charge is 0.338 e. The van der Waals surface area contributed by atoms with Gasteiger partial charge in [-0.1, -0.05) is 30.7 Å². The van der Waals surface area contributed by atoms with Crippen LogP contribution in [0.3, 0.4) is 0 Å². The van der Waals surface area contributed by atoms with Gasteiger partial charge in [-0.2, -0.15) is 0 Å². The molecular weight excluding hydrogens is 354 g/mol. The van der Waals surface area contributed by atoms with Crippen molar-refractivity contribution in [3.05, 3.63) is 64.7 Å². The highest BCUT2D eigenvalue weighted by Gasteiger charge is 2.13. The van der Waals surface area contributed by atoms with Crippen LogP contribution in [0.15, 0.2) is 48.5 Å². The second-order valence-corrected chi connectivity index (χ2v) is 6.23. The summed E-state index contributed by atoms with van der Waals surface area (Å²) in [4.78, 5) is 24.0. The average molecular weight is 376 g/mol. The first-order chi connectivity index (χ1) is 12.5. The maximum absolute atomic E-state index is 12.0. The summed E-state index contributed by atoms with van der Waals surface area (Å²) in [5, 5.41) is 3.41. The van der Waals surface area contributed by atoms with Crippen molar-refractivity contribution >= 4 is 23.5 Å². The van der Waals surface area contributed by atoms with Gasteiger partial charge in [-0.3, -0.25) is 4.79 Å². The third kappa shape index (κ3) is 6.08.